The maximum absolute atomic E-state index is 9.93. The molecule has 0 bridgehead atoms. The molecule has 10 aromatic rings. The third kappa shape index (κ3) is 6.44. The molecule has 8 aromatic carbocycles. The third-order valence-electron chi connectivity index (χ3n) is 10.6. The van der Waals surface area contributed by atoms with E-state index in [9.17, 15) is 5.26 Å². The summed E-state index contributed by atoms with van der Waals surface area (Å²) in [6.07, 6.45) is 0. The molecule has 0 saturated carbocycles. The molecule has 0 amide bonds. The molecule has 4 nitrogen and oxygen atoms in total. The number of aromatic nitrogens is 3. The van der Waals surface area contributed by atoms with E-state index in [1.807, 2.05) is 54.6 Å². The lowest BCUT2D eigenvalue weighted by molar-refractivity contribution is 1.16. The van der Waals surface area contributed by atoms with Crippen LogP contribution in [-0.2, 0) is 0 Å². The maximum Gasteiger partial charge on any atom is 0.160 e. The van der Waals surface area contributed by atoms with Crippen LogP contribution in [-0.4, -0.2) is 14.5 Å². The molecule has 266 valence electrons. The van der Waals surface area contributed by atoms with Gasteiger partial charge in [-0.1, -0.05) is 158 Å². The Bertz CT molecular complexity index is 2950. The number of hydrogen-bond donors (Lipinski definition) is 0. The summed E-state index contributed by atoms with van der Waals surface area (Å²) in [4.78, 5) is 10.5. The normalized spacial score (nSPS) is 11.1. The second kappa shape index (κ2) is 14.4. The minimum Gasteiger partial charge on any atom is -0.309 e. The van der Waals surface area contributed by atoms with Gasteiger partial charge in [-0.3, -0.25) is 0 Å². The van der Waals surface area contributed by atoms with Crippen molar-refractivity contribution in [2.75, 3.05) is 0 Å². The molecule has 0 aliphatic carbocycles. The van der Waals surface area contributed by atoms with Crippen molar-refractivity contribution in [1.82, 2.24) is 14.5 Å². The van der Waals surface area contributed by atoms with Gasteiger partial charge >= 0.3 is 0 Å². The van der Waals surface area contributed by atoms with Crippen LogP contribution in [0.2, 0.25) is 0 Å². The summed E-state index contributed by atoms with van der Waals surface area (Å²) in [6.45, 7) is 0. The molecule has 57 heavy (non-hydrogen) atoms. The van der Waals surface area contributed by atoms with E-state index in [2.05, 4.69) is 162 Å². The first-order chi connectivity index (χ1) is 28.2. The lowest BCUT2D eigenvalue weighted by Gasteiger charge is -2.15. The average molecular weight is 727 g/mol. The van der Waals surface area contributed by atoms with E-state index < -0.39 is 0 Å². The highest BCUT2D eigenvalue weighted by Crippen LogP contribution is 2.39. The molecule has 0 spiro atoms. The molecule has 2 heterocycles. The van der Waals surface area contributed by atoms with E-state index in [0.717, 1.165) is 89.0 Å². The Balaban J connectivity index is 1.28. The molecule has 0 fully saturated rings. The SMILES string of the molecule is N#Cc1cccc(-c2cc(-c3nc(-c4ccccc4)cc(-c4ccccc4)n3)cc(-n3c4cc(-c5ccccc5)ccc4c4ccc(-c5ccccc5)cc43)c2)c1. The molecule has 0 N–H and O–H groups in total. The summed E-state index contributed by atoms with van der Waals surface area (Å²) < 4.78 is 2.38. The van der Waals surface area contributed by atoms with Gasteiger partial charge in [0.05, 0.1) is 34.1 Å². The molecule has 0 aliphatic heterocycles. The van der Waals surface area contributed by atoms with Crippen LogP contribution in [0.3, 0.4) is 0 Å². The van der Waals surface area contributed by atoms with Gasteiger partial charge in [-0.2, -0.15) is 5.26 Å². The summed E-state index contributed by atoms with van der Waals surface area (Å²) in [5.74, 6) is 0.616. The summed E-state index contributed by atoms with van der Waals surface area (Å²) in [6, 6.07) is 73.9. The smallest absolute Gasteiger partial charge is 0.160 e. The molecule has 2 aromatic heterocycles. The van der Waals surface area contributed by atoms with Gasteiger partial charge < -0.3 is 4.57 Å². The molecule has 0 unspecified atom stereocenters. The fraction of sp³-hybridized carbons (Fsp3) is 0. The molecule has 10 rings (SSSR count). The summed E-state index contributed by atoms with van der Waals surface area (Å²) in [5, 5.41) is 12.3. The first-order valence-electron chi connectivity index (χ1n) is 19.0. The van der Waals surface area contributed by atoms with Crippen LogP contribution in [0.5, 0.6) is 0 Å². The topological polar surface area (TPSA) is 54.5 Å². The van der Waals surface area contributed by atoms with Crippen LogP contribution in [0.4, 0.5) is 0 Å². The summed E-state index contributed by atoms with van der Waals surface area (Å²) in [5.41, 5.74) is 14.8. The summed E-state index contributed by atoms with van der Waals surface area (Å²) in [7, 11) is 0. The predicted octanol–water partition coefficient (Wildman–Crippen LogP) is 13.4. The van der Waals surface area contributed by atoms with Crippen molar-refractivity contribution >= 4 is 21.8 Å². The molecular weight excluding hydrogens is 693 g/mol. The molecule has 0 atom stereocenters. The average Bonchev–Trinajstić information content (AvgIpc) is 3.63. The minimum atomic E-state index is 0.602. The number of nitriles is 1. The zero-order valence-corrected chi connectivity index (χ0v) is 30.9. The highest BCUT2D eigenvalue weighted by molar-refractivity contribution is 6.11. The van der Waals surface area contributed by atoms with Gasteiger partial charge in [0.1, 0.15) is 0 Å². The maximum atomic E-state index is 9.93. The monoisotopic (exact) mass is 726 g/mol. The first kappa shape index (κ1) is 33.7. The van der Waals surface area contributed by atoms with E-state index in [4.69, 9.17) is 9.97 Å². The third-order valence-corrected chi connectivity index (χ3v) is 10.6. The van der Waals surface area contributed by atoms with Crippen molar-refractivity contribution in [3.8, 4) is 79.0 Å². The van der Waals surface area contributed by atoms with E-state index in [-0.39, 0.29) is 0 Å². The predicted molar refractivity (Wildman–Crippen MR) is 234 cm³/mol. The van der Waals surface area contributed by atoms with Gasteiger partial charge in [-0.15, -0.1) is 0 Å². The Morgan fingerprint density at radius 1 is 0.351 bits per heavy atom. The van der Waals surface area contributed by atoms with Crippen LogP contribution in [0.1, 0.15) is 5.56 Å². The van der Waals surface area contributed by atoms with E-state index in [1.54, 1.807) is 0 Å². The van der Waals surface area contributed by atoms with Gasteiger partial charge in [-0.25, -0.2) is 9.97 Å². The standard InChI is InChI=1S/C53H34N4/c54-35-36-14-13-23-41(28-36)44-29-45(53-55-49(39-19-9-3-10-20-39)34-50(56-53)40-21-11-4-12-22-40)31-46(30-44)57-51-32-42(37-15-5-1-6-16-37)24-26-47(51)48-27-25-43(33-52(48)57)38-17-7-2-8-18-38/h1-34H. The second-order valence-corrected chi connectivity index (χ2v) is 14.2. The number of rotatable bonds is 7. The van der Waals surface area contributed by atoms with Gasteiger partial charge in [0.25, 0.3) is 0 Å². The minimum absolute atomic E-state index is 0.602. The molecule has 0 aliphatic rings. The van der Waals surface area contributed by atoms with Crippen LogP contribution in [0, 0.1) is 11.3 Å². The van der Waals surface area contributed by atoms with Crippen molar-refractivity contribution < 1.29 is 0 Å². The highest BCUT2D eigenvalue weighted by atomic mass is 15.0. The van der Waals surface area contributed by atoms with E-state index >= 15 is 0 Å². The van der Waals surface area contributed by atoms with E-state index in [0.29, 0.717) is 11.4 Å². The number of fused-ring (bicyclic) bond motifs is 3. The number of hydrogen-bond acceptors (Lipinski definition) is 3. The fourth-order valence-corrected chi connectivity index (χ4v) is 7.81. The molecule has 4 heteroatoms. The van der Waals surface area contributed by atoms with Crippen molar-refractivity contribution in [2.45, 2.75) is 0 Å². The lowest BCUT2D eigenvalue weighted by atomic mass is 9.99. The van der Waals surface area contributed by atoms with Crippen molar-refractivity contribution in [3.05, 3.63) is 212 Å². The van der Waals surface area contributed by atoms with Crippen molar-refractivity contribution in [1.29, 1.82) is 5.26 Å². The van der Waals surface area contributed by atoms with E-state index in [1.165, 1.54) is 0 Å². The lowest BCUT2D eigenvalue weighted by Crippen LogP contribution is -2.00. The van der Waals surface area contributed by atoms with Gasteiger partial charge in [0.2, 0.25) is 0 Å². The van der Waals surface area contributed by atoms with Gasteiger partial charge in [-0.05, 0) is 81.9 Å². The first-order valence-corrected chi connectivity index (χ1v) is 19.0. The van der Waals surface area contributed by atoms with Crippen LogP contribution in [0.25, 0.3) is 94.8 Å². The van der Waals surface area contributed by atoms with Gasteiger partial charge in [0, 0.05) is 33.2 Å². The Hall–Kier alpha value is -7.87. The summed E-state index contributed by atoms with van der Waals surface area (Å²) >= 11 is 0. The highest BCUT2D eigenvalue weighted by Gasteiger charge is 2.19. The fourth-order valence-electron chi connectivity index (χ4n) is 7.81. The quantitative estimate of drug-likeness (QED) is 0.164. The zero-order chi connectivity index (χ0) is 38.1. The van der Waals surface area contributed by atoms with Crippen LogP contribution >= 0.6 is 0 Å². The second-order valence-electron chi connectivity index (χ2n) is 14.2. The van der Waals surface area contributed by atoms with Crippen molar-refractivity contribution in [3.63, 3.8) is 0 Å². The van der Waals surface area contributed by atoms with Crippen LogP contribution in [0.15, 0.2) is 206 Å². The van der Waals surface area contributed by atoms with Gasteiger partial charge in [0.15, 0.2) is 5.82 Å². The Morgan fingerprint density at radius 2 is 0.807 bits per heavy atom. The number of benzene rings is 8. The number of nitrogens with zero attached hydrogens (tertiary/aromatic N) is 4. The molecule has 0 saturated heterocycles. The molecular formula is C53H34N4. The largest absolute Gasteiger partial charge is 0.309 e. The Morgan fingerprint density at radius 3 is 1.32 bits per heavy atom. The van der Waals surface area contributed by atoms with Crippen LogP contribution < -0.4 is 0 Å². The zero-order valence-electron chi connectivity index (χ0n) is 30.9. The Kier molecular flexibility index (Phi) is 8.52. The molecule has 0 radical (unpaired) electrons. The van der Waals surface area contributed by atoms with Crippen molar-refractivity contribution in [2.24, 2.45) is 0 Å². The Labute approximate surface area is 331 Å².